The molecule has 2 heterocycles. The fourth-order valence-corrected chi connectivity index (χ4v) is 2.99. The molecule has 1 atom stereocenters. The van der Waals surface area contributed by atoms with Crippen molar-refractivity contribution in [3.05, 3.63) is 18.1 Å². The minimum Gasteiger partial charge on any atom is -0.481 e. The van der Waals surface area contributed by atoms with E-state index in [1.54, 1.807) is 18.0 Å². The molecular formula is C11H15N3O2S. The quantitative estimate of drug-likeness (QED) is 0.872. The molecule has 6 heteroatoms. The molecule has 0 aromatic carbocycles. The summed E-state index contributed by atoms with van der Waals surface area (Å²) in [5.74, 6) is 2.65. The van der Waals surface area contributed by atoms with Gasteiger partial charge in [0.15, 0.2) is 0 Å². The Labute approximate surface area is 104 Å². The van der Waals surface area contributed by atoms with Crippen LogP contribution in [0.4, 0.5) is 5.82 Å². The number of hydrogen-bond acceptors (Lipinski definition) is 5. The first kappa shape index (κ1) is 12.2. The molecule has 0 spiro atoms. The van der Waals surface area contributed by atoms with E-state index in [9.17, 15) is 4.79 Å². The van der Waals surface area contributed by atoms with Gasteiger partial charge >= 0.3 is 5.97 Å². The number of aliphatic carboxylic acids is 1. The van der Waals surface area contributed by atoms with Gasteiger partial charge in [-0.05, 0) is 13.0 Å². The Morgan fingerprint density at radius 1 is 1.71 bits per heavy atom. The van der Waals surface area contributed by atoms with Crippen LogP contribution < -0.4 is 4.90 Å². The van der Waals surface area contributed by atoms with Crippen molar-refractivity contribution in [2.24, 2.45) is 0 Å². The molecular weight excluding hydrogens is 238 g/mol. The summed E-state index contributed by atoms with van der Waals surface area (Å²) < 4.78 is 0. The van der Waals surface area contributed by atoms with Crippen molar-refractivity contribution < 1.29 is 9.90 Å². The van der Waals surface area contributed by atoms with Gasteiger partial charge in [-0.25, -0.2) is 9.97 Å². The van der Waals surface area contributed by atoms with Crippen LogP contribution in [-0.4, -0.2) is 45.1 Å². The van der Waals surface area contributed by atoms with Crippen LogP contribution >= 0.6 is 11.8 Å². The van der Waals surface area contributed by atoms with Crippen LogP contribution in [0.1, 0.15) is 12.2 Å². The van der Waals surface area contributed by atoms with Crippen LogP contribution in [0.3, 0.4) is 0 Å². The van der Waals surface area contributed by atoms with Crippen LogP contribution in [0.25, 0.3) is 0 Å². The summed E-state index contributed by atoms with van der Waals surface area (Å²) in [5, 5.41) is 8.92. The third-order valence-corrected chi connectivity index (χ3v) is 3.79. The number of anilines is 1. The number of carbonyl (C=O) groups is 1. The highest BCUT2D eigenvalue weighted by Gasteiger charge is 2.26. The summed E-state index contributed by atoms with van der Waals surface area (Å²) in [6.45, 7) is 2.69. The van der Waals surface area contributed by atoms with Gasteiger partial charge in [0.25, 0.3) is 0 Å². The normalized spacial score (nSPS) is 20.3. The molecule has 0 saturated carbocycles. The first-order valence-corrected chi connectivity index (χ1v) is 6.68. The standard InChI is InChI=1S/C11H15N3O2S/c1-8-12-3-2-10(13-8)14-4-5-17-7-9(14)6-11(15)16/h2-3,9H,4-7H2,1H3,(H,15,16). The molecule has 1 aromatic rings. The summed E-state index contributed by atoms with van der Waals surface area (Å²) in [7, 11) is 0. The predicted molar refractivity (Wildman–Crippen MR) is 67.5 cm³/mol. The van der Waals surface area contributed by atoms with Crippen molar-refractivity contribution in [2.45, 2.75) is 19.4 Å². The van der Waals surface area contributed by atoms with Gasteiger partial charge < -0.3 is 10.0 Å². The van der Waals surface area contributed by atoms with Crippen LogP contribution in [0.15, 0.2) is 12.3 Å². The van der Waals surface area contributed by atoms with Crippen LogP contribution in [0.2, 0.25) is 0 Å². The Morgan fingerprint density at radius 3 is 3.24 bits per heavy atom. The first-order chi connectivity index (χ1) is 8.16. The topological polar surface area (TPSA) is 66.3 Å². The van der Waals surface area contributed by atoms with Crippen molar-refractivity contribution in [1.82, 2.24) is 9.97 Å². The molecule has 1 unspecified atom stereocenters. The lowest BCUT2D eigenvalue weighted by Gasteiger charge is -2.35. The molecule has 0 bridgehead atoms. The van der Waals surface area contributed by atoms with Gasteiger partial charge in [0.05, 0.1) is 6.42 Å². The molecule has 0 radical (unpaired) electrons. The number of hydrogen-bond donors (Lipinski definition) is 1. The largest absolute Gasteiger partial charge is 0.481 e. The van der Waals surface area contributed by atoms with E-state index in [2.05, 4.69) is 14.9 Å². The van der Waals surface area contributed by atoms with Gasteiger partial charge in [-0.1, -0.05) is 0 Å². The summed E-state index contributed by atoms with van der Waals surface area (Å²) >= 11 is 1.80. The second-order valence-electron chi connectivity index (χ2n) is 3.98. The van der Waals surface area contributed by atoms with Gasteiger partial charge in [0, 0.05) is 30.3 Å². The van der Waals surface area contributed by atoms with Gasteiger partial charge in [-0.15, -0.1) is 0 Å². The zero-order valence-corrected chi connectivity index (χ0v) is 10.5. The Balaban J connectivity index is 2.18. The molecule has 1 aliphatic rings. The molecule has 1 fully saturated rings. The summed E-state index contributed by atoms with van der Waals surface area (Å²) in [6.07, 6.45) is 1.88. The van der Waals surface area contributed by atoms with Gasteiger partial charge in [-0.3, -0.25) is 4.79 Å². The molecule has 1 aromatic heterocycles. The van der Waals surface area contributed by atoms with E-state index in [0.717, 1.165) is 29.7 Å². The van der Waals surface area contributed by atoms with Gasteiger partial charge in [0.1, 0.15) is 11.6 Å². The molecule has 1 aliphatic heterocycles. The van der Waals surface area contributed by atoms with Crippen molar-refractivity contribution in [2.75, 3.05) is 23.0 Å². The average Bonchev–Trinajstić information content (AvgIpc) is 2.29. The van der Waals surface area contributed by atoms with E-state index in [-0.39, 0.29) is 12.5 Å². The van der Waals surface area contributed by atoms with E-state index in [1.807, 2.05) is 13.0 Å². The molecule has 0 amide bonds. The lowest BCUT2D eigenvalue weighted by Crippen LogP contribution is -2.44. The monoisotopic (exact) mass is 253 g/mol. The van der Waals surface area contributed by atoms with E-state index in [4.69, 9.17) is 5.11 Å². The molecule has 1 N–H and O–H groups in total. The van der Waals surface area contributed by atoms with E-state index < -0.39 is 5.97 Å². The Hall–Kier alpha value is -1.30. The highest BCUT2D eigenvalue weighted by atomic mass is 32.2. The molecule has 1 saturated heterocycles. The minimum absolute atomic E-state index is 0.0283. The number of thioether (sulfide) groups is 1. The Bertz CT molecular complexity index is 413. The number of aromatic nitrogens is 2. The molecule has 5 nitrogen and oxygen atoms in total. The number of carboxylic acid groups (broad SMARTS) is 1. The number of nitrogens with zero attached hydrogens (tertiary/aromatic N) is 3. The third kappa shape index (κ3) is 3.09. The maximum absolute atomic E-state index is 10.8. The summed E-state index contributed by atoms with van der Waals surface area (Å²) in [5.41, 5.74) is 0. The van der Waals surface area contributed by atoms with Crippen LogP contribution in [0, 0.1) is 6.92 Å². The maximum atomic E-state index is 10.8. The van der Waals surface area contributed by atoms with Crippen molar-refractivity contribution in [1.29, 1.82) is 0 Å². The Morgan fingerprint density at radius 2 is 2.53 bits per heavy atom. The highest BCUT2D eigenvalue weighted by Crippen LogP contribution is 2.24. The van der Waals surface area contributed by atoms with Gasteiger partial charge in [-0.2, -0.15) is 11.8 Å². The smallest absolute Gasteiger partial charge is 0.305 e. The highest BCUT2D eigenvalue weighted by molar-refractivity contribution is 7.99. The molecule has 17 heavy (non-hydrogen) atoms. The summed E-state index contributed by atoms with van der Waals surface area (Å²) in [6, 6.07) is 1.87. The number of aryl methyl sites for hydroxylation is 1. The van der Waals surface area contributed by atoms with Crippen molar-refractivity contribution >= 4 is 23.5 Å². The second-order valence-corrected chi connectivity index (χ2v) is 5.13. The SMILES string of the molecule is Cc1nccc(N2CCSCC2CC(=O)O)n1. The molecule has 2 rings (SSSR count). The van der Waals surface area contributed by atoms with Crippen molar-refractivity contribution in [3.8, 4) is 0 Å². The van der Waals surface area contributed by atoms with Crippen LogP contribution in [0.5, 0.6) is 0 Å². The fourth-order valence-electron chi connectivity index (χ4n) is 1.93. The van der Waals surface area contributed by atoms with E-state index in [0.29, 0.717) is 0 Å². The second kappa shape index (κ2) is 5.35. The number of carboxylic acids is 1. The van der Waals surface area contributed by atoms with E-state index >= 15 is 0 Å². The van der Waals surface area contributed by atoms with E-state index in [1.165, 1.54) is 0 Å². The lowest BCUT2D eigenvalue weighted by molar-refractivity contribution is -0.137. The third-order valence-electron chi connectivity index (χ3n) is 2.69. The zero-order chi connectivity index (χ0) is 12.3. The zero-order valence-electron chi connectivity index (χ0n) is 9.67. The average molecular weight is 253 g/mol. The lowest BCUT2D eigenvalue weighted by atomic mass is 10.2. The summed E-state index contributed by atoms with van der Waals surface area (Å²) in [4.78, 5) is 21.4. The van der Waals surface area contributed by atoms with Crippen molar-refractivity contribution in [3.63, 3.8) is 0 Å². The fraction of sp³-hybridized carbons (Fsp3) is 0.545. The number of rotatable bonds is 3. The van der Waals surface area contributed by atoms with Gasteiger partial charge in [0.2, 0.25) is 0 Å². The predicted octanol–water partition coefficient (Wildman–Crippen LogP) is 1.18. The molecule has 92 valence electrons. The Kier molecular flexibility index (Phi) is 3.83. The minimum atomic E-state index is -0.756. The first-order valence-electron chi connectivity index (χ1n) is 5.52. The van der Waals surface area contributed by atoms with Crippen LogP contribution in [-0.2, 0) is 4.79 Å². The molecule has 0 aliphatic carbocycles. The maximum Gasteiger partial charge on any atom is 0.305 e.